The van der Waals surface area contributed by atoms with Crippen molar-refractivity contribution in [3.05, 3.63) is 17.5 Å². The maximum absolute atomic E-state index is 5.75. The van der Waals surface area contributed by atoms with Crippen molar-refractivity contribution < 1.29 is 0 Å². The second-order valence-electron chi connectivity index (χ2n) is 4.86. The summed E-state index contributed by atoms with van der Waals surface area (Å²) in [7, 11) is 2.00. The number of likely N-dealkylation sites (tertiary alicyclic amines) is 1. The largest absolute Gasteiger partial charge is 0.330 e. The van der Waals surface area contributed by atoms with Gasteiger partial charge in [0.2, 0.25) is 0 Å². The summed E-state index contributed by atoms with van der Waals surface area (Å²) in [5, 5.41) is 4.29. The SMILES string of the molecule is Cc1c(CN2CCCC(CN)C2)cnn1C.Cl.Cl. The highest BCUT2D eigenvalue weighted by molar-refractivity contribution is 5.85. The van der Waals surface area contributed by atoms with Crippen molar-refractivity contribution in [3.63, 3.8) is 0 Å². The van der Waals surface area contributed by atoms with Gasteiger partial charge in [-0.05, 0) is 38.8 Å². The van der Waals surface area contributed by atoms with E-state index in [9.17, 15) is 0 Å². The lowest BCUT2D eigenvalue weighted by Crippen LogP contribution is -2.37. The van der Waals surface area contributed by atoms with Crippen LogP contribution >= 0.6 is 24.8 Å². The number of rotatable bonds is 3. The lowest BCUT2D eigenvalue weighted by molar-refractivity contribution is 0.170. The number of aryl methyl sites for hydroxylation is 1. The molecular formula is C12H24Cl2N4. The van der Waals surface area contributed by atoms with E-state index in [2.05, 4.69) is 16.9 Å². The summed E-state index contributed by atoms with van der Waals surface area (Å²) in [5.41, 5.74) is 8.37. The van der Waals surface area contributed by atoms with Crippen LogP contribution in [0.3, 0.4) is 0 Å². The van der Waals surface area contributed by atoms with Gasteiger partial charge in [-0.15, -0.1) is 24.8 Å². The summed E-state index contributed by atoms with van der Waals surface area (Å²) in [4.78, 5) is 2.50. The monoisotopic (exact) mass is 294 g/mol. The van der Waals surface area contributed by atoms with E-state index in [4.69, 9.17) is 5.73 Å². The number of aromatic nitrogens is 2. The van der Waals surface area contributed by atoms with E-state index in [-0.39, 0.29) is 24.8 Å². The van der Waals surface area contributed by atoms with Crippen LogP contribution in [0, 0.1) is 12.8 Å². The highest BCUT2D eigenvalue weighted by atomic mass is 35.5. The Morgan fingerprint density at radius 2 is 2.17 bits per heavy atom. The minimum absolute atomic E-state index is 0. The zero-order valence-electron chi connectivity index (χ0n) is 11.1. The minimum Gasteiger partial charge on any atom is -0.330 e. The fourth-order valence-corrected chi connectivity index (χ4v) is 2.43. The molecule has 6 heteroatoms. The molecule has 1 unspecified atom stereocenters. The van der Waals surface area contributed by atoms with E-state index in [0.717, 1.165) is 19.6 Å². The quantitative estimate of drug-likeness (QED) is 0.924. The van der Waals surface area contributed by atoms with Crippen LogP contribution in [0.5, 0.6) is 0 Å². The van der Waals surface area contributed by atoms with Crippen molar-refractivity contribution in [2.24, 2.45) is 18.7 Å². The molecule has 1 aliphatic heterocycles. The molecule has 2 rings (SSSR count). The van der Waals surface area contributed by atoms with Crippen molar-refractivity contribution in [1.29, 1.82) is 0 Å². The van der Waals surface area contributed by atoms with Crippen LogP contribution in [0.4, 0.5) is 0 Å². The standard InChI is InChI=1S/C12H22N4.2ClH/c1-10-12(7-14-15(10)2)9-16-5-3-4-11(6-13)8-16;;/h7,11H,3-6,8-9,13H2,1-2H3;2*1H. The van der Waals surface area contributed by atoms with Gasteiger partial charge in [0.25, 0.3) is 0 Å². The molecule has 1 aromatic rings. The van der Waals surface area contributed by atoms with E-state index in [1.807, 2.05) is 17.9 Å². The summed E-state index contributed by atoms with van der Waals surface area (Å²) in [6.45, 7) is 6.32. The molecule has 0 spiro atoms. The summed E-state index contributed by atoms with van der Waals surface area (Å²) in [5.74, 6) is 0.686. The Labute approximate surface area is 122 Å². The molecule has 18 heavy (non-hydrogen) atoms. The molecule has 0 amide bonds. The molecule has 2 N–H and O–H groups in total. The van der Waals surface area contributed by atoms with Crippen LogP contribution in [0.1, 0.15) is 24.1 Å². The maximum Gasteiger partial charge on any atom is 0.0537 e. The molecule has 1 saturated heterocycles. The van der Waals surface area contributed by atoms with Gasteiger partial charge in [-0.1, -0.05) is 0 Å². The van der Waals surface area contributed by atoms with Gasteiger partial charge < -0.3 is 5.73 Å². The third-order valence-electron chi connectivity index (χ3n) is 3.67. The van der Waals surface area contributed by atoms with E-state index < -0.39 is 0 Å². The van der Waals surface area contributed by atoms with E-state index >= 15 is 0 Å². The molecule has 106 valence electrons. The molecule has 1 aromatic heterocycles. The first-order chi connectivity index (χ1) is 7.70. The van der Waals surface area contributed by atoms with Gasteiger partial charge in [0, 0.05) is 31.4 Å². The predicted octanol–water partition coefficient (Wildman–Crippen LogP) is 1.74. The summed E-state index contributed by atoms with van der Waals surface area (Å²) in [6.07, 6.45) is 4.56. The van der Waals surface area contributed by atoms with Crippen molar-refractivity contribution in [2.45, 2.75) is 26.3 Å². The zero-order chi connectivity index (χ0) is 11.5. The molecule has 0 bridgehead atoms. The average molecular weight is 295 g/mol. The lowest BCUT2D eigenvalue weighted by Gasteiger charge is -2.31. The van der Waals surface area contributed by atoms with Gasteiger partial charge in [-0.25, -0.2) is 0 Å². The molecule has 1 aliphatic rings. The van der Waals surface area contributed by atoms with Crippen LogP contribution in [-0.4, -0.2) is 34.3 Å². The smallest absolute Gasteiger partial charge is 0.0537 e. The van der Waals surface area contributed by atoms with Crippen molar-refractivity contribution in [3.8, 4) is 0 Å². The predicted molar refractivity (Wildman–Crippen MR) is 79.5 cm³/mol. The topological polar surface area (TPSA) is 47.1 Å². The fourth-order valence-electron chi connectivity index (χ4n) is 2.43. The van der Waals surface area contributed by atoms with Crippen LogP contribution in [-0.2, 0) is 13.6 Å². The Kier molecular flexibility index (Phi) is 7.87. The van der Waals surface area contributed by atoms with Gasteiger partial charge in [-0.3, -0.25) is 9.58 Å². The van der Waals surface area contributed by atoms with Crippen molar-refractivity contribution in [1.82, 2.24) is 14.7 Å². The van der Waals surface area contributed by atoms with Gasteiger partial charge >= 0.3 is 0 Å². The summed E-state index contributed by atoms with van der Waals surface area (Å²) in [6, 6.07) is 0. The number of halogens is 2. The van der Waals surface area contributed by atoms with E-state index in [1.165, 1.54) is 30.6 Å². The summed E-state index contributed by atoms with van der Waals surface area (Å²) < 4.78 is 1.94. The fraction of sp³-hybridized carbons (Fsp3) is 0.750. The molecule has 0 saturated carbocycles. The Balaban J connectivity index is 0.00000144. The van der Waals surface area contributed by atoms with E-state index in [1.54, 1.807) is 0 Å². The molecule has 1 atom stereocenters. The van der Waals surface area contributed by atoms with Crippen LogP contribution in [0.15, 0.2) is 6.20 Å². The Bertz CT molecular complexity index is 354. The molecule has 1 fully saturated rings. The Morgan fingerprint density at radius 3 is 2.72 bits per heavy atom. The molecule has 4 nitrogen and oxygen atoms in total. The Morgan fingerprint density at radius 1 is 1.44 bits per heavy atom. The number of nitrogens with two attached hydrogens (primary N) is 1. The minimum atomic E-state index is 0. The third-order valence-corrected chi connectivity index (χ3v) is 3.67. The maximum atomic E-state index is 5.75. The number of piperidine rings is 1. The first-order valence-corrected chi connectivity index (χ1v) is 6.10. The highest BCUT2D eigenvalue weighted by Gasteiger charge is 2.19. The van der Waals surface area contributed by atoms with Crippen LogP contribution < -0.4 is 5.73 Å². The van der Waals surface area contributed by atoms with Gasteiger partial charge in [0.05, 0.1) is 6.20 Å². The van der Waals surface area contributed by atoms with Gasteiger partial charge in [-0.2, -0.15) is 5.10 Å². The van der Waals surface area contributed by atoms with Crippen LogP contribution in [0.25, 0.3) is 0 Å². The zero-order valence-corrected chi connectivity index (χ0v) is 12.8. The summed E-state index contributed by atoms with van der Waals surface area (Å²) >= 11 is 0. The first kappa shape index (κ1) is 17.7. The van der Waals surface area contributed by atoms with Crippen molar-refractivity contribution in [2.75, 3.05) is 19.6 Å². The van der Waals surface area contributed by atoms with Gasteiger partial charge in [0.1, 0.15) is 0 Å². The molecular weight excluding hydrogens is 271 g/mol. The number of hydrogen-bond donors (Lipinski definition) is 1. The van der Waals surface area contributed by atoms with Gasteiger partial charge in [0.15, 0.2) is 0 Å². The normalized spacial score (nSPS) is 20.1. The lowest BCUT2D eigenvalue weighted by atomic mass is 9.98. The third kappa shape index (κ3) is 4.12. The molecule has 0 radical (unpaired) electrons. The number of hydrogen-bond acceptors (Lipinski definition) is 3. The highest BCUT2D eigenvalue weighted by Crippen LogP contribution is 2.18. The second-order valence-corrected chi connectivity index (χ2v) is 4.86. The molecule has 0 aromatic carbocycles. The second kappa shape index (κ2) is 8.00. The molecule has 0 aliphatic carbocycles. The molecule has 2 heterocycles. The average Bonchev–Trinajstić information content (AvgIpc) is 2.61. The first-order valence-electron chi connectivity index (χ1n) is 6.10. The van der Waals surface area contributed by atoms with Crippen LogP contribution in [0.2, 0.25) is 0 Å². The Hall–Kier alpha value is -0.290. The number of nitrogens with zero attached hydrogens (tertiary/aromatic N) is 3. The van der Waals surface area contributed by atoms with Crippen molar-refractivity contribution >= 4 is 24.8 Å². The van der Waals surface area contributed by atoms with E-state index in [0.29, 0.717) is 5.92 Å².